The monoisotopic (exact) mass is 694 g/mol. The van der Waals surface area contributed by atoms with E-state index in [0.29, 0.717) is 22.9 Å². The van der Waals surface area contributed by atoms with Crippen LogP contribution in [-0.2, 0) is 15.5 Å². The van der Waals surface area contributed by atoms with E-state index < -0.39 is 54.5 Å². The number of benzene rings is 2. The number of furan rings is 1. The number of halogens is 4. The highest BCUT2D eigenvalue weighted by Crippen LogP contribution is 2.42. The molecule has 1 amide bonds. The lowest BCUT2D eigenvalue weighted by Gasteiger charge is -2.39. The smallest absolute Gasteiger partial charge is 0.326 e. The average molecular weight is 695 g/mol. The maximum atomic E-state index is 15.9. The molecule has 1 N–H and O–H groups in total. The lowest BCUT2D eigenvalue weighted by molar-refractivity contribution is -0.161. The van der Waals surface area contributed by atoms with Crippen molar-refractivity contribution in [3.63, 3.8) is 0 Å². The van der Waals surface area contributed by atoms with Crippen LogP contribution in [0.4, 0.5) is 23.4 Å². The second-order valence-electron chi connectivity index (χ2n) is 13.6. The van der Waals surface area contributed by atoms with Gasteiger partial charge in [0.05, 0.1) is 17.6 Å². The number of hydrogen-bond donors (Lipinski definition) is 1. The summed E-state index contributed by atoms with van der Waals surface area (Å²) in [6.45, 7) is 1.95. The highest BCUT2D eigenvalue weighted by Gasteiger charge is 2.46. The molecule has 0 unspecified atom stereocenters. The molecule has 6 bridgehead atoms. The van der Waals surface area contributed by atoms with Gasteiger partial charge in [0.15, 0.2) is 11.4 Å². The van der Waals surface area contributed by atoms with Crippen molar-refractivity contribution >= 4 is 50.8 Å². The van der Waals surface area contributed by atoms with Gasteiger partial charge in [-0.25, -0.2) is 14.8 Å². The Bertz CT molecular complexity index is 2130. The van der Waals surface area contributed by atoms with E-state index in [-0.39, 0.29) is 73.8 Å². The van der Waals surface area contributed by atoms with Crippen LogP contribution in [0.25, 0.3) is 33.1 Å². The fourth-order valence-electron chi connectivity index (χ4n) is 7.71. The molecule has 0 aliphatic carbocycles. The Balaban J connectivity index is 1.27. The Morgan fingerprint density at radius 3 is 2.48 bits per heavy atom. The Labute approximate surface area is 282 Å². The number of imidazole rings is 1. The van der Waals surface area contributed by atoms with Gasteiger partial charge in [-0.1, -0.05) is 31.2 Å². The Kier molecular flexibility index (Phi) is 7.64. The minimum atomic E-state index is -3.73. The van der Waals surface area contributed by atoms with Crippen LogP contribution < -0.4 is 9.64 Å². The number of para-hydroxylation sites is 3. The summed E-state index contributed by atoms with van der Waals surface area (Å²) in [5.41, 5.74) is 1.83. The number of alkyl halides is 4. The molecule has 5 aromatic rings. The van der Waals surface area contributed by atoms with Gasteiger partial charge in [0.25, 0.3) is 11.9 Å². The predicted molar refractivity (Wildman–Crippen MR) is 174 cm³/mol. The summed E-state index contributed by atoms with van der Waals surface area (Å²) in [7, 11) is 0. The number of piperidine rings is 1. The summed E-state index contributed by atoms with van der Waals surface area (Å²) >= 11 is 0. The normalized spacial score (nSPS) is 25.6. The summed E-state index contributed by atoms with van der Waals surface area (Å²) < 4.78 is 76.8. The summed E-state index contributed by atoms with van der Waals surface area (Å²) in [6.07, 6.45) is -2.84. The molecule has 3 aromatic heterocycles. The molecule has 2 aromatic carbocycles. The zero-order chi connectivity index (χ0) is 34.9. The van der Waals surface area contributed by atoms with Gasteiger partial charge in [0.1, 0.15) is 23.2 Å². The number of hydrogen-bond acceptors (Lipinski definition) is 8. The SMILES string of the molecule is C[C@H]1CN2CC[C@@H]1n1c(nc3ccccc31)O[C@H]1C[C@@H](C(=O)O)N(C1)c1nc(nc3c1oc1ccccc13)C(F)(F)CCCCC(F)(F)C2=O. The van der Waals surface area contributed by atoms with Gasteiger partial charge in [0.2, 0.25) is 5.82 Å². The van der Waals surface area contributed by atoms with Crippen LogP contribution >= 0.6 is 0 Å². The average Bonchev–Trinajstić information content (AvgIpc) is 3.79. The molecule has 4 aliphatic rings. The first-order chi connectivity index (χ1) is 23.9. The van der Waals surface area contributed by atoms with Gasteiger partial charge in [-0.3, -0.25) is 9.36 Å². The molecule has 4 atom stereocenters. The van der Waals surface area contributed by atoms with Gasteiger partial charge in [-0.05, 0) is 49.4 Å². The summed E-state index contributed by atoms with van der Waals surface area (Å²) in [4.78, 5) is 41.5. The number of aromatic nitrogens is 4. The standard InChI is InChI=1S/C35H34F4N6O5/c1-19-17-43-15-12-23(19)45-24-10-4-3-9-22(24)40-33(45)49-20-16-25(30(46)47)44(18-20)29-28-27(21-8-2-5-11-26(21)50-28)41-31(42-29)34(36,37)13-6-7-14-35(38,39)32(43)48/h2-5,8-11,19-20,23,25H,6-7,12-18H2,1H3,(H,46,47)/t19-,20-,23-,25-/m0/s1. The van der Waals surface area contributed by atoms with Crippen molar-refractivity contribution in [2.24, 2.45) is 5.92 Å². The molecule has 50 heavy (non-hydrogen) atoms. The minimum Gasteiger partial charge on any atom is -0.480 e. The number of nitrogens with zero attached hydrogens (tertiary/aromatic N) is 6. The number of fused-ring (bicyclic) bond motifs is 12. The summed E-state index contributed by atoms with van der Waals surface area (Å²) in [5, 5.41) is 10.8. The molecule has 2 saturated heterocycles. The Morgan fingerprint density at radius 2 is 1.70 bits per heavy atom. The third-order valence-electron chi connectivity index (χ3n) is 10.2. The molecule has 0 spiro atoms. The number of ether oxygens (including phenoxy) is 1. The van der Waals surface area contributed by atoms with Gasteiger partial charge in [-0.2, -0.15) is 22.5 Å². The van der Waals surface area contributed by atoms with E-state index in [1.165, 1.54) is 4.90 Å². The highest BCUT2D eigenvalue weighted by molar-refractivity contribution is 6.06. The van der Waals surface area contributed by atoms with Crippen molar-refractivity contribution in [2.45, 2.75) is 75.5 Å². The first-order valence-corrected chi connectivity index (χ1v) is 16.8. The zero-order valence-electron chi connectivity index (χ0n) is 27.1. The lowest BCUT2D eigenvalue weighted by atomic mass is 9.92. The maximum Gasteiger partial charge on any atom is 0.326 e. The maximum absolute atomic E-state index is 15.9. The third-order valence-corrected chi connectivity index (χ3v) is 10.2. The van der Waals surface area contributed by atoms with Gasteiger partial charge in [-0.15, -0.1) is 0 Å². The van der Waals surface area contributed by atoms with Crippen molar-refractivity contribution in [1.82, 2.24) is 24.4 Å². The molecule has 2 fully saturated rings. The molecule has 11 nitrogen and oxygen atoms in total. The second kappa shape index (κ2) is 11.8. The van der Waals surface area contributed by atoms with Crippen LogP contribution in [0.3, 0.4) is 0 Å². The zero-order valence-corrected chi connectivity index (χ0v) is 27.1. The number of aliphatic carboxylic acids is 1. The topological polar surface area (TPSA) is 127 Å². The van der Waals surface area contributed by atoms with Crippen LogP contribution in [0, 0.1) is 5.92 Å². The van der Waals surface area contributed by atoms with Crippen molar-refractivity contribution in [1.29, 1.82) is 0 Å². The van der Waals surface area contributed by atoms with Crippen LogP contribution in [0.1, 0.15) is 57.3 Å². The first kappa shape index (κ1) is 32.3. The van der Waals surface area contributed by atoms with E-state index in [1.807, 2.05) is 35.8 Å². The van der Waals surface area contributed by atoms with E-state index in [4.69, 9.17) is 14.1 Å². The van der Waals surface area contributed by atoms with Gasteiger partial charge < -0.3 is 24.1 Å². The van der Waals surface area contributed by atoms with Crippen LogP contribution in [-0.4, -0.2) is 79.1 Å². The molecular weight excluding hydrogens is 660 g/mol. The Hall–Kier alpha value is -4.95. The van der Waals surface area contributed by atoms with Gasteiger partial charge in [0, 0.05) is 43.8 Å². The van der Waals surface area contributed by atoms with Crippen LogP contribution in [0.15, 0.2) is 52.9 Å². The predicted octanol–water partition coefficient (Wildman–Crippen LogP) is 6.55. The number of anilines is 1. The number of rotatable bonds is 1. The molecule has 7 heterocycles. The molecular formula is C35H34F4N6O5. The number of carboxylic acids is 1. The van der Waals surface area contributed by atoms with Crippen molar-refractivity contribution in [3.8, 4) is 6.01 Å². The summed E-state index contributed by atoms with van der Waals surface area (Å²) in [6, 6.07) is 12.8. The van der Waals surface area contributed by atoms with Crippen LogP contribution in [0.2, 0.25) is 0 Å². The van der Waals surface area contributed by atoms with Crippen molar-refractivity contribution in [3.05, 3.63) is 54.4 Å². The van der Waals surface area contributed by atoms with E-state index in [2.05, 4.69) is 9.97 Å². The van der Waals surface area contributed by atoms with Gasteiger partial charge >= 0.3 is 17.8 Å². The summed E-state index contributed by atoms with van der Waals surface area (Å²) in [5.74, 6) is -11.2. The third kappa shape index (κ3) is 5.37. The molecule has 9 rings (SSSR count). The number of amides is 1. The molecule has 0 saturated carbocycles. The fourth-order valence-corrected chi connectivity index (χ4v) is 7.71. The van der Waals surface area contributed by atoms with E-state index in [0.717, 1.165) is 10.4 Å². The van der Waals surface area contributed by atoms with Crippen molar-refractivity contribution < 1.29 is 41.4 Å². The van der Waals surface area contributed by atoms with E-state index in [9.17, 15) is 14.7 Å². The van der Waals surface area contributed by atoms with E-state index >= 15 is 17.6 Å². The van der Waals surface area contributed by atoms with Crippen molar-refractivity contribution in [2.75, 3.05) is 24.5 Å². The minimum absolute atomic E-state index is 0.0203. The molecule has 262 valence electrons. The molecule has 4 aliphatic heterocycles. The number of carbonyl (C=O) groups is 2. The Morgan fingerprint density at radius 1 is 0.960 bits per heavy atom. The quantitative estimate of drug-likeness (QED) is 0.195. The van der Waals surface area contributed by atoms with E-state index in [1.54, 1.807) is 24.3 Å². The fraction of sp³-hybridized carbons (Fsp3) is 0.457. The number of carbonyl (C=O) groups excluding carboxylic acids is 1. The largest absolute Gasteiger partial charge is 0.480 e. The number of carboxylic acid groups (broad SMARTS) is 1. The molecule has 0 radical (unpaired) electrons. The second-order valence-corrected chi connectivity index (χ2v) is 13.6. The highest BCUT2D eigenvalue weighted by atomic mass is 19.3. The van der Waals surface area contributed by atoms with Crippen LogP contribution in [0.5, 0.6) is 6.01 Å². The molecule has 15 heteroatoms. The first-order valence-electron chi connectivity index (χ1n) is 16.8. The lowest BCUT2D eigenvalue weighted by Crippen LogP contribution is -2.50.